The van der Waals surface area contributed by atoms with Crippen molar-refractivity contribution in [3.63, 3.8) is 0 Å². The average molecular weight is 491 g/mol. The molecule has 0 amide bonds. The molecular weight excluding hydrogens is 476 g/mol. The number of hydrogen-bond donors (Lipinski definition) is 0. The van der Waals surface area contributed by atoms with Crippen LogP contribution in [0.15, 0.2) is 42.5 Å². The summed E-state index contributed by atoms with van der Waals surface area (Å²) in [5.74, 6) is -4.90. The summed E-state index contributed by atoms with van der Waals surface area (Å²) in [7, 11) is 0. The number of carbonyl (C=O) groups is 3. The van der Waals surface area contributed by atoms with Gasteiger partial charge in [-0.1, -0.05) is 30.3 Å². The quantitative estimate of drug-likeness (QED) is 0.319. The summed E-state index contributed by atoms with van der Waals surface area (Å²) in [4.78, 5) is 34.4. The second-order valence-corrected chi connectivity index (χ2v) is 6.44. The molecule has 0 aliphatic rings. The summed E-state index contributed by atoms with van der Waals surface area (Å²) in [5, 5.41) is 33.0. The number of benzene rings is 2. The van der Waals surface area contributed by atoms with Crippen LogP contribution in [-0.4, -0.2) is 29.4 Å². The standard InChI is InChI=1S/C20H18F3NO6.3Na/c21-20(22,23)16-4-2-1-3-13(16)11-24(8-7-17(25)26)10-12-5-6-14(18(27)28)15(9-12)19(29)30;;;/h1-6,9H,7-8,10-11H2,(H,25,26)(H,27,28)(H,29,30);;;/q;3*+1/p-3. The van der Waals surface area contributed by atoms with Crippen molar-refractivity contribution in [2.24, 2.45) is 0 Å². The minimum absolute atomic E-state index is 0. The van der Waals surface area contributed by atoms with Gasteiger partial charge in [0.1, 0.15) is 0 Å². The van der Waals surface area contributed by atoms with Crippen molar-refractivity contribution < 1.29 is 132 Å². The van der Waals surface area contributed by atoms with E-state index in [0.717, 1.165) is 18.2 Å². The van der Waals surface area contributed by atoms with Crippen LogP contribution in [0.3, 0.4) is 0 Å². The van der Waals surface area contributed by atoms with Gasteiger partial charge in [-0.2, -0.15) is 13.2 Å². The SMILES string of the molecule is O=C([O-])CCN(Cc1ccc(C(=O)[O-])c(C(=O)[O-])c1)Cc1ccccc1C(F)(F)F.[Na+].[Na+].[Na+]. The van der Waals surface area contributed by atoms with E-state index >= 15 is 0 Å². The first-order valence-electron chi connectivity index (χ1n) is 8.62. The summed E-state index contributed by atoms with van der Waals surface area (Å²) in [6, 6.07) is 8.03. The predicted octanol–water partition coefficient (Wildman–Crippen LogP) is -9.41. The molecule has 2 aromatic carbocycles. The summed E-state index contributed by atoms with van der Waals surface area (Å²) in [6.07, 6.45) is -5.09. The summed E-state index contributed by atoms with van der Waals surface area (Å²) in [5.41, 5.74) is -2.01. The molecule has 0 unspecified atom stereocenters. The number of carboxylic acids is 3. The molecule has 33 heavy (non-hydrogen) atoms. The fourth-order valence-electron chi connectivity index (χ4n) is 2.93. The van der Waals surface area contributed by atoms with Gasteiger partial charge in [-0.15, -0.1) is 0 Å². The Hall–Kier alpha value is -0.400. The van der Waals surface area contributed by atoms with Crippen molar-refractivity contribution in [3.8, 4) is 0 Å². The molecule has 160 valence electrons. The van der Waals surface area contributed by atoms with Gasteiger partial charge in [0.25, 0.3) is 0 Å². The molecule has 0 aromatic heterocycles. The van der Waals surface area contributed by atoms with Crippen LogP contribution >= 0.6 is 0 Å². The van der Waals surface area contributed by atoms with Crippen molar-refractivity contribution >= 4 is 17.9 Å². The van der Waals surface area contributed by atoms with E-state index in [1.54, 1.807) is 0 Å². The van der Waals surface area contributed by atoms with E-state index in [9.17, 15) is 42.9 Å². The monoisotopic (exact) mass is 491 g/mol. The Morgan fingerprint density at radius 2 is 1.39 bits per heavy atom. The summed E-state index contributed by atoms with van der Waals surface area (Å²) in [6.45, 7) is -0.615. The van der Waals surface area contributed by atoms with Gasteiger partial charge in [0, 0.05) is 36.7 Å². The number of aromatic carboxylic acids is 2. The van der Waals surface area contributed by atoms with Crippen molar-refractivity contribution in [2.45, 2.75) is 25.7 Å². The predicted molar refractivity (Wildman–Crippen MR) is 90.3 cm³/mol. The molecular formula is C20H15F3NNa3O6. The maximum absolute atomic E-state index is 13.2. The first-order valence-corrected chi connectivity index (χ1v) is 8.62. The van der Waals surface area contributed by atoms with Crippen molar-refractivity contribution in [3.05, 3.63) is 70.3 Å². The Morgan fingerprint density at radius 1 is 0.818 bits per heavy atom. The average Bonchev–Trinajstić information content (AvgIpc) is 2.65. The van der Waals surface area contributed by atoms with E-state index in [4.69, 9.17) is 0 Å². The molecule has 0 aliphatic carbocycles. The van der Waals surface area contributed by atoms with Gasteiger partial charge in [-0.25, -0.2) is 0 Å². The molecule has 0 aliphatic heterocycles. The minimum Gasteiger partial charge on any atom is -0.550 e. The smallest absolute Gasteiger partial charge is 0.550 e. The molecule has 0 saturated heterocycles. The molecule has 0 spiro atoms. The van der Waals surface area contributed by atoms with E-state index < -0.39 is 47.2 Å². The van der Waals surface area contributed by atoms with E-state index in [1.165, 1.54) is 29.2 Å². The van der Waals surface area contributed by atoms with Crippen molar-refractivity contribution in [2.75, 3.05) is 6.54 Å². The number of carbonyl (C=O) groups excluding carboxylic acids is 3. The molecule has 0 heterocycles. The number of nitrogens with zero attached hydrogens (tertiary/aromatic N) is 1. The van der Waals surface area contributed by atoms with Gasteiger partial charge in [0.15, 0.2) is 0 Å². The van der Waals surface area contributed by atoms with Crippen LogP contribution in [0.5, 0.6) is 0 Å². The molecule has 0 atom stereocenters. The van der Waals surface area contributed by atoms with E-state index in [-0.39, 0.29) is 119 Å². The zero-order valence-corrected chi connectivity index (χ0v) is 24.4. The van der Waals surface area contributed by atoms with Crippen LogP contribution in [0.2, 0.25) is 0 Å². The molecule has 0 bridgehead atoms. The second-order valence-electron chi connectivity index (χ2n) is 6.44. The van der Waals surface area contributed by atoms with Gasteiger partial charge >= 0.3 is 94.8 Å². The first-order chi connectivity index (χ1) is 14.0. The van der Waals surface area contributed by atoms with E-state index in [1.807, 2.05) is 0 Å². The maximum atomic E-state index is 13.2. The first kappa shape index (κ1) is 34.8. The Kier molecular flexibility index (Phi) is 16.4. The van der Waals surface area contributed by atoms with Crippen LogP contribution in [0.25, 0.3) is 0 Å². The third-order valence-electron chi connectivity index (χ3n) is 4.28. The molecule has 0 N–H and O–H groups in total. The van der Waals surface area contributed by atoms with Gasteiger partial charge in [-0.3, -0.25) is 4.90 Å². The number of halogens is 3. The Balaban J connectivity index is 0. The molecule has 0 radical (unpaired) electrons. The zero-order chi connectivity index (χ0) is 22.5. The minimum atomic E-state index is -4.62. The number of carboxylic acid groups (broad SMARTS) is 3. The number of rotatable bonds is 9. The van der Waals surface area contributed by atoms with E-state index in [2.05, 4.69) is 0 Å². The molecule has 0 fully saturated rings. The van der Waals surface area contributed by atoms with Gasteiger partial charge in [0.2, 0.25) is 0 Å². The largest absolute Gasteiger partial charge is 1.00 e. The molecule has 2 rings (SSSR count). The van der Waals surface area contributed by atoms with Gasteiger partial charge in [-0.05, 0) is 29.7 Å². The third-order valence-corrected chi connectivity index (χ3v) is 4.28. The van der Waals surface area contributed by atoms with Crippen molar-refractivity contribution in [1.82, 2.24) is 4.90 Å². The van der Waals surface area contributed by atoms with Gasteiger partial charge < -0.3 is 29.7 Å². The van der Waals surface area contributed by atoms with Crippen LogP contribution in [0.1, 0.15) is 43.8 Å². The number of hydrogen-bond acceptors (Lipinski definition) is 7. The Morgan fingerprint density at radius 3 is 1.91 bits per heavy atom. The fraction of sp³-hybridized carbons (Fsp3) is 0.250. The Labute approximate surface area is 254 Å². The summed E-state index contributed by atoms with van der Waals surface area (Å²) >= 11 is 0. The Bertz CT molecular complexity index is 972. The number of aliphatic carboxylic acids is 1. The van der Waals surface area contributed by atoms with Crippen LogP contribution in [0, 0.1) is 0 Å². The van der Waals surface area contributed by atoms with Gasteiger partial charge in [0.05, 0.1) is 17.5 Å². The topological polar surface area (TPSA) is 124 Å². The van der Waals surface area contributed by atoms with E-state index in [0.29, 0.717) is 0 Å². The molecule has 0 saturated carbocycles. The van der Waals surface area contributed by atoms with Crippen LogP contribution in [-0.2, 0) is 24.1 Å². The van der Waals surface area contributed by atoms with Crippen molar-refractivity contribution in [1.29, 1.82) is 0 Å². The molecule has 2 aromatic rings. The molecule has 13 heteroatoms. The molecule has 7 nitrogen and oxygen atoms in total. The maximum Gasteiger partial charge on any atom is 1.00 e. The van der Waals surface area contributed by atoms with Crippen LogP contribution in [0.4, 0.5) is 13.2 Å². The summed E-state index contributed by atoms with van der Waals surface area (Å²) < 4.78 is 39.7. The zero-order valence-electron chi connectivity index (χ0n) is 18.4. The normalized spacial score (nSPS) is 10.4. The fourth-order valence-corrected chi connectivity index (χ4v) is 2.93. The van der Waals surface area contributed by atoms with Crippen LogP contribution < -0.4 is 104 Å². The second kappa shape index (κ2) is 15.6. The number of alkyl halides is 3. The third kappa shape index (κ3) is 10.8.